The van der Waals surface area contributed by atoms with Gasteiger partial charge in [0, 0.05) is 28.8 Å². The van der Waals surface area contributed by atoms with Crippen molar-refractivity contribution in [3.05, 3.63) is 29.6 Å². The van der Waals surface area contributed by atoms with Gasteiger partial charge in [-0.15, -0.1) is 0 Å². The zero-order valence-corrected chi connectivity index (χ0v) is 15.4. The molecule has 4 heteroatoms. The number of carbonyl (C=O) groups excluding carboxylic acids is 1. The maximum Gasteiger partial charge on any atom is 0.251 e. The quantitative estimate of drug-likeness (QED) is 0.800. The molecule has 3 rings (SSSR count). The van der Waals surface area contributed by atoms with E-state index in [9.17, 15) is 4.79 Å². The fourth-order valence-corrected chi connectivity index (χ4v) is 4.35. The molecule has 0 aliphatic heterocycles. The largest absolute Gasteiger partial charge is 0.355 e. The minimum absolute atomic E-state index is 0.0405. The second-order valence-electron chi connectivity index (χ2n) is 8.04. The summed E-state index contributed by atoms with van der Waals surface area (Å²) in [5.41, 5.74) is 1.21. The van der Waals surface area contributed by atoms with Gasteiger partial charge >= 0.3 is 0 Å². The van der Waals surface area contributed by atoms with Crippen molar-refractivity contribution in [3.63, 3.8) is 0 Å². The molecule has 2 radical (unpaired) electrons. The van der Waals surface area contributed by atoms with Crippen molar-refractivity contribution in [2.24, 2.45) is 0 Å². The number of carbonyl (C=O) groups is 1. The van der Waals surface area contributed by atoms with Crippen molar-refractivity contribution < 1.29 is 4.79 Å². The summed E-state index contributed by atoms with van der Waals surface area (Å²) in [5, 5.41) is 3.16. The highest BCUT2D eigenvalue weighted by Gasteiger charge is 2.26. The SMILES string of the molecule is [B]C1(NC(=O)c2ccnc(C3CCCC3)c2)CCCCCCCCC1. The second kappa shape index (κ2) is 8.87. The molecule has 0 unspecified atom stereocenters. The van der Waals surface area contributed by atoms with Crippen molar-refractivity contribution >= 4 is 13.8 Å². The van der Waals surface area contributed by atoms with E-state index in [1.807, 2.05) is 12.1 Å². The van der Waals surface area contributed by atoms with Crippen LogP contribution in [0, 0.1) is 0 Å². The molecule has 2 saturated carbocycles. The van der Waals surface area contributed by atoms with Crippen molar-refractivity contribution in [3.8, 4) is 0 Å². The summed E-state index contributed by atoms with van der Waals surface area (Å²) in [4.78, 5) is 17.3. The minimum Gasteiger partial charge on any atom is -0.355 e. The monoisotopic (exact) mass is 338 g/mol. The van der Waals surface area contributed by atoms with Crippen LogP contribution in [0.3, 0.4) is 0 Å². The predicted molar refractivity (Wildman–Crippen MR) is 103 cm³/mol. The maximum absolute atomic E-state index is 12.8. The molecule has 25 heavy (non-hydrogen) atoms. The van der Waals surface area contributed by atoms with Gasteiger partial charge in [0.15, 0.2) is 0 Å². The van der Waals surface area contributed by atoms with E-state index in [0.29, 0.717) is 11.5 Å². The third kappa shape index (κ3) is 5.33. The van der Waals surface area contributed by atoms with Crippen molar-refractivity contribution in [1.29, 1.82) is 0 Å². The number of aromatic nitrogens is 1. The van der Waals surface area contributed by atoms with Crippen molar-refractivity contribution in [2.45, 2.75) is 94.8 Å². The van der Waals surface area contributed by atoms with Gasteiger partial charge in [0.1, 0.15) is 7.85 Å². The van der Waals surface area contributed by atoms with Crippen LogP contribution in [-0.4, -0.2) is 24.2 Å². The number of amides is 1. The van der Waals surface area contributed by atoms with Gasteiger partial charge in [-0.25, -0.2) is 0 Å². The summed E-state index contributed by atoms with van der Waals surface area (Å²) in [6.45, 7) is 0. The molecule has 2 fully saturated rings. The fraction of sp³-hybridized carbons (Fsp3) is 0.714. The fourth-order valence-electron chi connectivity index (χ4n) is 4.35. The number of rotatable bonds is 3. The molecule has 3 nitrogen and oxygen atoms in total. The average molecular weight is 338 g/mol. The Bertz CT molecular complexity index is 559. The lowest BCUT2D eigenvalue weighted by Gasteiger charge is -2.32. The van der Waals surface area contributed by atoms with Crippen molar-refractivity contribution in [1.82, 2.24) is 10.3 Å². The third-order valence-electron chi connectivity index (χ3n) is 5.92. The number of pyridine rings is 1. The van der Waals surface area contributed by atoms with Crippen LogP contribution in [0.5, 0.6) is 0 Å². The van der Waals surface area contributed by atoms with Crippen LogP contribution >= 0.6 is 0 Å². The summed E-state index contributed by atoms with van der Waals surface area (Å²) in [6, 6.07) is 3.80. The van der Waals surface area contributed by atoms with Crippen LogP contribution in [0.2, 0.25) is 0 Å². The Morgan fingerprint density at radius 3 is 2.24 bits per heavy atom. The zero-order chi connectivity index (χ0) is 17.5. The van der Waals surface area contributed by atoms with E-state index in [-0.39, 0.29) is 5.91 Å². The highest BCUT2D eigenvalue weighted by Crippen LogP contribution is 2.33. The molecule has 2 aliphatic rings. The lowest BCUT2D eigenvalue weighted by Crippen LogP contribution is -2.49. The van der Waals surface area contributed by atoms with Crippen LogP contribution in [-0.2, 0) is 0 Å². The van der Waals surface area contributed by atoms with Crippen LogP contribution in [0.1, 0.15) is 105 Å². The van der Waals surface area contributed by atoms with E-state index in [2.05, 4.69) is 10.3 Å². The molecular weight excluding hydrogens is 307 g/mol. The third-order valence-corrected chi connectivity index (χ3v) is 5.92. The number of hydrogen-bond donors (Lipinski definition) is 1. The zero-order valence-electron chi connectivity index (χ0n) is 15.4. The number of nitrogens with zero attached hydrogens (tertiary/aromatic N) is 1. The van der Waals surface area contributed by atoms with E-state index in [0.717, 1.165) is 31.4 Å². The van der Waals surface area contributed by atoms with E-state index in [4.69, 9.17) is 7.85 Å². The first kappa shape index (κ1) is 18.5. The van der Waals surface area contributed by atoms with E-state index < -0.39 is 5.44 Å². The lowest BCUT2D eigenvalue weighted by molar-refractivity contribution is 0.0918. The average Bonchev–Trinajstić information content (AvgIpc) is 3.15. The molecule has 1 aromatic heterocycles. The first-order valence-corrected chi connectivity index (χ1v) is 10.2. The van der Waals surface area contributed by atoms with Gasteiger partial charge in [-0.2, -0.15) is 0 Å². The molecule has 1 amide bonds. The maximum atomic E-state index is 12.8. The van der Waals surface area contributed by atoms with Gasteiger partial charge in [-0.1, -0.05) is 57.8 Å². The van der Waals surface area contributed by atoms with E-state index >= 15 is 0 Å². The van der Waals surface area contributed by atoms with Gasteiger partial charge in [0.2, 0.25) is 0 Å². The topological polar surface area (TPSA) is 42.0 Å². The van der Waals surface area contributed by atoms with E-state index in [1.54, 1.807) is 6.20 Å². The first-order valence-electron chi connectivity index (χ1n) is 10.2. The molecule has 134 valence electrons. The Labute approximate surface area is 153 Å². The number of nitrogens with one attached hydrogen (secondary N) is 1. The number of hydrogen-bond acceptors (Lipinski definition) is 2. The molecular formula is C21H31BN2O. The molecule has 0 bridgehead atoms. The summed E-state index contributed by atoms with van der Waals surface area (Å²) in [7, 11) is 6.60. The van der Waals surface area contributed by atoms with Crippen LogP contribution < -0.4 is 5.32 Å². The normalized spacial score (nSPS) is 22.4. The predicted octanol–water partition coefficient (Wildman–Crippen LogP) is 4.86. The Balaban J connectivity index is 1.65. The van der Waals surface area contributed by atoms with Crippen LogP contribution in [0.4, 0.5) is 0 Å². The molecule has 1 N–H and O–H groups in total. The lowest BCUT2D eigenvalue weighted by atomic mass is 9.69. The molecule has 0 saturated heterocycles. The summed E-state index contributed by atoms with van der Waals surface area (Å²) in [6.07, 6.45) is 17.0. The van der Waals surface area contributed by atoms with Gasteiger partial charge in [-0.05, 0) is 37.8 Å². The van der Waals surface area contributed by atoms with E-state index in [1.165, 1.54) is 57.8 Å². The molecule has 0 aromatic carbocycles. The van der Waals surface area contributed by atoms with Gasteiger partial charge < -0.3 is 5.32 Å². The summed E-state index contributed by atoms with van der Waals surface area (Å²) in [5.74, 6) is 0.481. The van der Waals surface area contributed by atoms with Crippen LogP contribution in [0.25, 0.3) is 0 Å². The Morgan fingerprint density at radius 1 is 1.00 bits per heavy atom. The molecule has 1 aromatic rings. The minimum atomic E-state index is -0.564. The van der Waals surface area contributed by atoms with Crippen molar-refractivity contribution in [2.75, 3.05) is 0 Å². The summed E-state index contributed by atoms with van der Waals surface area (Å²) >= 11 is 0. The van der Waals surface area contributed by atoms with Gasteiger partial charge in [-0.3, -0.25) is 9.78 Å². The molecule has 1 heterocycles. The van der Waals surface area contributed by atoms with Gasteiger partial charge in [0.25, 0.3) is 5.91 Å². The highest BCUT2D eigenvalue weighted by atomic mass is 16.1. The van der Waals surface area contributed by atoms with Crippen LogP contribution in [0.15, 0.2) is 18.3 Å². The first-order chi connectivity index (χ1) is 12.2. The smallest absolute Gasteiger partial charge is 0.251 e. The molecule has 2 aliphatic carbocycles. The Morgan fingerprint density at radius 2 is 1.60 bits per heavy atom. The summed E-state index contributed by atoms with van der Waals surface area (Å²) < 4.78 is 0. The Kier molecular flexibility index (Phi) is 6.55. The van der Waals surface area contributed by atoms with Gasteiger partial charge in [0.05, 0.1) is 0 Å². The second-order valence-corrected chi connectivity index (χ2v) is 8.04. The molecule has 0 atom stereocenters. The molecule has 0 spiro atoms. The standard InChI is InChI=1S/C21H31BN2O/c22-21(13-8-4-2-1-3-5-9-14-21)24-20(25)18-12-15-23-19(16-18)17-10-6-7-11-17/h12,15-17H,1-11,13-14H2,(H,24,25). The highest BCUT2D eigenvalue weighted by molar-refractivity contribution is 6.17. The Hall–Kier alpha value is -1.32.